The first-order valence-electron chi connectivity index (χ1n) is 9.19. The van der Waals surface area contributed by atoms with Crippen LogP contribution in [-0.4, -0.2) is 29.1 Å². The van der Waals surface area contributed by atoms with Gasteiger partial charge in [0, 0.05) is 31.7 Å². The van der Waals surface area contributed by atoms with E-state index in [-0.39, 0.29) is 0 Å². The second kappa shape index (κ2) is 9.20. The van der Waals surface area contributed by atoms with Gasteiger partial charge >= 0.3 is 0 Å². The van der Waals surface area contributed by atoms with Crippen LogP contribution in [0.15, 0.2) is 64.6 Å². The summed E-state index contributed by atoms with van der Waals surface area (Å²) in [6, 6.07) is 11.2. The molecule has 0 aliphatic rings. The summed E-state index contributed by atoms with van der Waals surface area (Å²) in [5.41, 5.74) is 3.56. The molecule has 0 unspecified atom stereocenters. The fraction of sp³-hybridized carbons (Fsp3) is 0.364. The molecule has 0 spiro atoms. The molecule has 0 heterocycles. The van der Waals surface area contributed by atoms with Crippen LogP contribution in [0.5, 0.6) is 0 Å². The number of hydrogen-bond acceptors (Lipinski definition) is 3. The summed E-state index contributed by atoms with van der Waals surface area (Å²) in [5, 5.41) is 1.95. The van der Waals surface area contributed by atoms with E-state index < -0.39 is 10.0 Å². The van der Waals surface area contributed by atoms with E-state index in [1.165, 1.54) is 11.1 Å². The SMILES string of the molecule is CC(C)=CCC/C(C)=C/CNS(=O)(=O)c1ccc2c(N(C)C)cccc2c1. The van der Waals surface area contributed by atoms with Crippen LogP contribution < -0.4 is 9.62 Å². The van der Waals surface area contributed by atoms with Crippen molar-refractivity contribution in [2.45, 2.75) is 38.5 Å². The zero-order valence-electron chi connectivity index (χ0n) is 16.9. The summed E-state index contributed by atoms with van der Waals surface area (Å²) < 4.78 is 27.9. The van der Waals surface area contributed by atoms with Gasteiger partial charge in [-0.2, -0.15) is 0 Å². The van der Waals surface area contributed by atoms with E-state index in [0.29, 0.717) is 11.4 Å². The van der Waals surface area contributed by atoms with Crippen molar-refractivity contribution in [3.05, 3.63) is 59.7 Å². The topological polar surface area (TPSA) is 49.4 Å². The molecular weight excluding hydrogens is 356 g/mol. The Morgan fingerprint density at radius 1 is 1.07 bits per heavy atom. The molecule has 5 heteroatoms. The molecule has 0 saturated carbocycles. The molecule has 0 saturated heterocycles. The third-order valence-electron chi connectivity index (χ3n) is 4.44. The summed E-state index contributed by atoms with van der Waals surface area (Å²) in [5.74, 6) is 0. The van der Waals surface area contributed by atoms with Crippen LogP contribution in [0.3, 0.4) is 0 Å². The van der Waals surface area contributed by atoms with Gasteiger partial charge in [-0.1, -0.05) is 41.5 Å². The number of hydrogen-bond donors (Lipinski definition) is 1. The normalized spacial score (nSPS) is 12.3. The molecule has 27 heavy (non-hydrogen) atoms. The van der Waals surface area contributed by atoms with Crippen LogP contribution in [0.1, 0.15) is 33.6 Å². The molecule has 0 atom stereocenters. The van der Waals surface area contributed by atoms with Gasteiger partial charge in [0.05, 0.1) is 4.90 Å². The smallest absolute Gasteiger partial charge is 0.240 e. The second-order valence-electron chi connectivity index (χ2n) is 7.28. The average molecular weight is 387 g/mol. The maximum atomic E-state index is 12.6. The molecule has 2 rings (SSSR count). The monoisotopic (exact) mass is 386 g/mol. The minimum atomic E-state index is -3.53. The van der Waals surface area contributed by atoms with E-state index in [1.807, 2.05) is 56.3 Å². The molecule has 0 bridgehead atoms. The zero-order chi connectivity index (χ0) is 20.0. The molecule has 0 radical (unpaired) electrons. The molecule has 0 aromatic heterocycles. The first-order chi connectivity index (χ1) is 12.7. The first-order valence-corrected chi connectivity index (χ1v) is 10.7. The Morgan fingerprint density at radius 3 is 2.48 bits per heavy atom. The molecule has 146 valence electrons. The van der Waals surface area contributed by atoms with Crippen molar-refractivity contribution in [2.24, 2.45) is 0 Å². The lowest BCUT2D eigenvalue weighted by Gasteiger charge is -2.16. The van der Waals surface area contributed by atoms with Gasteiger partial charge in [0.25, 0.3) is 0 Å². The summed E-state index contributed by atoms with van der Waals surface area (Å²) >= 11 is 0. The number of fused-ring (bicyclic) bond motifs is 1. The van der Waals surface area contributed by atoms with Crippen molar-refractivity contribution in [1.82, 2.24) is 4.72 Å². The molecule has 0 fully saturated rings. The van der Waals surface area contributed by atoms with Crippen LogP contribution in [-0.2, 0) is 10.0 Å². The summed E-state index contributed by atoms with van der Waals surface area (Å²) in [4.78, 5) is 2.32. The Labute approximate surface area is 163 Å². The van der Waals surface area contributed by atoms with Gasteiger partial charge in [-0.15, -0.1) is 0 Å². The van der Waals surface area contributed by atoms with Gasteiger partial charge in [-0.25, -0.2) is 13.1 Å². The number of allylic oxidation sites excluding steroid dienone is 3. The predicted octanol–water partition coefficient (Wildman–Crippen LogP) is 4.88. The molecular formula is C22H30N2O2S. The highest BCUT2D eigenvalue weighted by molar-refractivity contribution is 7.89. The number of benzene rings is 2. The van der Waals surface area contributed by atoms with Gasteiger partial charge in [-0.3, -0.25) is 0 Å². The van der Waals surface area contributed by atoms with E-state index in [9.17, 15) is 8.42 Å². The highest BCUT2D eigenvalue weighted by atomic mass is 32.2. The van der Waals surface area contributed by atoms with Crippen LogP contribution >= 0.6 is 0 Å². The van der Waals surface area contributed by atoms with Crippen LogP contribution in [0.2, 0.25) is 0 Å². The van der Waals surface area contributed by atoms with Crippen molar-refractivity contribution >= 4 is 26.5 Å². The van der Waals surface area contributed by atoms with Crippen LogP contribution in [0.4, 0.5) is 5.69 Å². The van der Waals surface area contributed by atoms with Crippen LogP contribution in [0.25, 0.3) is 10.8 Å². The fourth-order valence-corrected chi connectivity index (χ4v) is 3.90. The van der Waals surface area contributed by atoms with Crippen molar-refractivity contribution < 1.29 is 8.42 Å². The van der Waals surface area contributed by atoms with Crippen molar-refractivity contribution in [2.75, 3.05) is 25.5 Å². The molecule has 2 aromatic carbocycles. The molecule has 1 N–H and O–H groups in total. The molecule has 0 aliphatic heterocycles. The largest absolute Gasteiger partial charge is 0.377 e. The zero-order valence-corrected chi connectivity index (χ0v) is 17.7. The highest BCUT2D eigenvalue weighted by Gasteiger charge is 2.14. The van der Waals surface area contributed by atoms with Gasteiger partial charge in [0.1, 0.15) is 0 Å². The lowest BCUT2D eigenvalue weighted by molar-refractivity contribution is 0.585. The minimum Gasteiger partial charge on any atom is -0.377 e. The highest BCUT2D eigenvalue weighted by Crippen LogP contribution is 2.27. The summed E-state index contributed by atoms with van der Waals surface area (Å²) in [7, 11) is 0.424. The number of nitrogens with one attached hydrogen (secondary N) is 1. The molecule has 0 aliphatic carbocycles. The van der Waals surface area contributed by atoms with Gasteiger partial charge < -0.3 is 4.90 Å². The summed E-state index contributed by atoms with van der Waals surface area (Å²) in [6.45, 7) is 6.50. The first kappa shape index (κ1) is 21.2. The lowest BCUT2D eigenvalue weighted by atomic mass is 10.1. The van der Waals surface area contributed by atoms with Gasteiger partial charge in [0.15, 0.2) is 0 Å². The Morgan fingerprint density at radius 2 is 1.81 bits per heavy atom. The van der Waals surface area contributed by atoms with Gasteiger partial charge in [-0.05, 0) is 57.2 Å². The Bertz CT molecular complexity index is 953. The number of rotatable bonds is 8. The standard InChI is InChI=1S/C22H30N2O2S/c1-17(2)8-6-9-18(3)14-15-23-27(25,26)20-12-13-21-19(16-20)10-7-11-22(21)24(4)5/h7-8,10-14,16,23H,6,9,15H2,1-5H3/b18-14+. The third kappa shape index (κ3) is 5.94. The fourth-order valence-electron chi connectivity index (χ4n) is 2.90. The second-order valence-corrected chi connectivity index (χ2v) is 9.04. The van der Waals surface area contributed by atoms with E-state index >= 15 is 0 Å². The van der Waals surface area contributed by atoms with Crippen molar-refractivity contribution in [3.63, 3.8) is 0 Å². The molecule has 4 nitrogen and oxygen atoms in total. The van der Waals surface area contributed by atoms with E-state index in [0.717, 1.165) is 29.3 Å². The summed E-state index contributed by atoms with van der Waals surface area (Å²) in [6.07, 6.45) is 6.06. The Balaban J connectivity index is 2.11. The average Bonchev–Trinajstić information content (AvgIpc) is 2.60. The van der Waals surface area contributed by atoms with Crippen molar-refractivity contribution in [1.29, 1.82) is 0 Å². The maximum Gasteiger partial charge on any atom is 0.240 e. The number of sulfonamides is 1. The molecule has 2 aromatic rings. The Hall–Kier alpha value is -2.11. The number of nitrogens with zero attached hydrogens (tertiary/aromatic N) is 1. The van der Waals surface area contributed by atoms with Crippen LogP contribution in [0, 0.1) is 0 Å². The van der Waals surface area contributed by atoms with Crippen molar-refractivity contribution in [3.8, 4) is 0 Å². The lowest BCUT2D eigenvalue weighted by Crippen LogP contribution is -2.24. The predicted molar refractivity (Wildman–Crippen MR) is 116 cm³/mol. The van der Waals surface area contributed by atoms with E-state index in [2.05, 4.69) is 24.6 Å². The quantitative estimate of drug-likeness (QED) is 0.658. The van der Waals surface area contributed by atoms with E-state index in [1.54, 1.807) is 12.1 Å². The van der Waals surface area contributed by atoms with E-state index in [4.69, 9.17) is 0 Å². The maximum absolute atomic E-state index is 12.6. The van der Waals surface area contributed by atoms with Gasteiger partial charge in [0.2, 0.25) is 10.0 Å². The number of anilines is 1. The third-order valence-corrected chi connectivity index (χ3v) is 5.86. The Kier molecular flexibility index (Phi) is 7.22. The minimum absolute atomic E-state index is 0.293. The molecule has 0 amide bonds.